The molecule has 0 aliphatic carbocycles. The third-order valence-electron chi connectivity index (χ3n) is 5.24. The van der Waals surface area contributed by atoms with E-state index >= 15 is 0 Å². The van der Waals surface area contributed by atoms with E-state index in [1.54, 1.807) is 17.0 Å². The van der Waals surface area contributed by atoms with Crippen LogP contribution >= 0.6 is 12.2 Å². The van der Waals surface area contributed by atoms with Gasteiger partial charge in [-0.1, -0.05) is 37.3 Å². The molecule has 3 aromatic rings. The number of hydrogen-bond donors (Lipinski definition) is 1. The SMILES string of the molecule is CCc1cccc2c(/C=C3\NC(=S)N(CC)C3=O)cn(Cc3ccc(F)cc3)c12. The Hall–Kier alpha value is -2.99. The predicted octanol–water partition coefficient (Wildman–Crippen LogP) is 4.47. The van der Waals surface area contributed by atoms with E-state index < -0.39 is 0 Å². The number of rotatable bonds is 5. The number of thiocarbonyl (C=S) groups is 1. The number of para-hydroxylation sites is 1. The molecule has 0 bridgehead atoms. The first-order valence-corrected chi connectivity index (χ1v) is 10.1. The second-order valence-corrected chi connectivity index (χ2v) is 7.43. The Morgan fingerprint density at radius 3 is 2.55 bits per heavy atom. The molecule has 1 N–H and O–H groups in total. The first-order chi connectivity index (χ1) is 14.0. The number of nitrogens with one attached hydrogen (secondary N) is 1. The van der Waals surface area contributed by atoms with Gasteiger partial charge in [0.2, 0.25) is 0 Å². The molecule has 1 amide bonds. The first-order valence-electron chi connectivity index (χ1n) is 9.71. The van der Waals surface area contributed by atoms with Gasteiger partial charge in [0.05, 0.1) is 5.52 Å². The van der Waals surface area contributed by atoms with Crippen molar-refractivity contribution in [3.8, 4) is 0 Å². The molecule has 1 fully saturated rings. The Kier molecular flexibility index (Phi) is 5.20. The summed E-state index contributed by atoms with van der Waals surface area (Å²) in [4.78, 5) is 14.2. The summed E-state index contributed by atoms with van der Waals surface area (Å²) in [6, 6.07) is 12.8. The summed E-state index contributed by atoms with van der Waals surface area (Å²) < 4.78 is 15.5. The van der Waals surface area contributed by atoms with Crippen LogP contribution in [0, 0.1) is 5.82 Å². The fraction of sp³-hybridized carbons (Fsp3) is 0.217. The zero-order chi connectivity index (χ0) is 20.5. The lowest BCUT2D eigenvalue weighted by molar-refractivity contribution is -0.122. The van der Waals surface area contributed by atoms with Crippen molar-refractivity contribution in [3.05, 3.63) is 76.9 Å². The minimum absolute atomic E-state index is 0.108. The van der Waals surface area contributed by atoms with Gasteiger partial charge in [-0.2, -0.15) is 0 Å². The molecule has 6 heteroatoms. The summed E-state index contributed by atoms with van der Waals surface area (Å²) in [6.07, 6.45) is 4.81. The van der Waals surface area contributed by atoms with Gasteiger partial charge < -0.3 is 9.88 Å². The molecule has 4 rings (SSSR count). The van der Waals surface area contributed by atoms with Crippen molar-refractivity contribution in [1.82, 2.24) is 14.8 Å². The number of halogens is 1. The van der Waals surface area contributed by atoms with Gasteiger partial charge >= 0.3 is 0 Å². The van der Waals surface area contributed by atoms with E-state index in [9.17, 15) is 9.18 Å². The molecule has 148 valence electrons. The van der Waals surface area contributed by atoms with Crippen LogP contribution in [-0.2, 0) is 17.8 Å². The van der Waals surface area contributed by atoms with Crippen LogP contribution in [0.1, 0.15) is 30.5 Å². The number of carbonyl (C=O) groups is 1. The Bertz CT molecular complexity index is 1130. The molecule has 0 unspecified atom stereocenters. The van der Waals surface area contributed by atoms with E-state index in [0.717, 1.165) is 28.5 Å². The van der Waals surface area contributed by atoms with Crippen LogP contribution in [0.15, 0.2) is 54.4 Å². The number of nitrogens with zero attached hydrogens (tertiary/aromatic N) is 2. The minimum atomic E-state index is -0.243. The van der Waals surface area contributed by atoms with E-state index in [4.69, 9.17) is 12.2 Å². The summed E-state index contributed by atoms with van der Waals surface area (Å²) in [5.41, 5.74) is 4.81. The molecule has 1 aliphatic heterocycles. The van der Waals surface area contributed by atoms with Crippen molar-refractivity contribution in [3.63, 3.8) is 0 Å². The molecule has 0 radical (unpaired) electrons. The fourth-order valence-corrected chi connectivity index (χ4v) is 4.11. The lowest BCUT2D eigenvalue weighted by atomic mass is 10.1. The van der Waals surface area contributed by atoms with Gasteiger partial charge in [-0.3, -0.25) is 9.69 Å². The number of benzene rings is 2. The second-order valence-electron chi connectivity index (χ2n) is 7.04. The average Bonchev–Trinajstić information content (AvgIpc) is 3.20. The standard InChI is InChI=1S/C23H22FN3OS/c1-3-16-6-5-7-19-17(12-20-22(28)27(4-2)23(29)25-20)14-26(21(16)19)13-15-8-10-18(24)11-9-15/h5-12,14H,3-4,13H2,1-2H3,(H,25,29)/b20-12-. The Balaban J connectivity index is 1.81. The van der Waals surface area contributed by atoms with E-state index in [1.165, 1.54) is 17.7 Å². The highest BCUT2D eigenvalue weighted by molar-refractivity contribution is 7.80. The molecule has 2 heterocycles. The Morgan fingerprint density at radius 2 is 1.90 bits per heavy atom. The minimum Gasteiger partial charge on any atom is -0.342 e. The maximum atomic E-state index is 13.3. The zero-order valence-electron chi connectivity index (χ0n) is 16.4. The van der Waals surface area contributed by atoms with E-state index in [-0.39, 0.29) is 11.7 Å². The lowest BCUT2D eigenvalue weighted by Crippen LogP contribution is -2.30. The summed E-state index contributed by atoms with van der Waals surface area (Å²) in [5.74, 6) is -0.350. The van der Waals surface area contributed by atoms with Gasteiger partial charge in [0.25, 0.3) is 5.91 Å². The molecule has 0 atom stereocenters. The van der Waals surface area contributed by atoms with Crippen LogP contribution in [0.3, 0.4) is 0 Å². The smallest absolute Gasteiger partial charge is 0.276 e. The summed E-state index contributed by atoms with van der Waals surface area (Å²) >= 11 is 5.27. The maximum Gasteiger partial charge on any atom is 0.276 e. The van der Waals surface area contributed by atoms with Crippen molar-refractivity contribution in [2.24, 2.45) is 0 Å². The van der Waals surface area contributed by atoms with Crippen LogP contribution in [0.25, 0.3) is 17.0 Å². The second kappa shape index (κ2) is 7.79. The van der Waals surface area contributed by atoms with E-state index in [2.05, 4.69) is 28.9 Å². The highest BCUT2D eigenvalue weighted by atomic mass is 32.1. The Morgan fingerprint density at radius 1 is 1.14 bits per heavy atom. The van der Waals surface area contributed by atoms with Crippen molar-refractivity contribution in [2.75, 3.05) is 6.54 Å². The average molecular weight is 408 g/mol. The molecule has 4 nitrogen and oxygen atoms in total. The van der Waals surface area contributed by atoms with Crippen LogP contribution < -0.4 is 5.32 Å². The number of aryl methyl sites for hydroxylation is 1. The van der Waals surface area contributed by atoms with Crippen molar-refractivity contribution in [2.45, 2.75) is 26.8 Å². The first kappa shape index (κ1) is 19.3. The largest absolute Gasteiger partial charge is 0.342 e. The topological polar surface area (TPSA) is 37.3 Å². The number of fused-ring (bicyclic) bond motifs is 1. The number of amides is 1. The summed E-state index contributed by atoms with van der Waals surface area (Å²) in [6.45, 7) is 5.19. The quantitative estimate of drug-likeness (QED) is 0.501. The molecular weight excluding hydrogens is 385 g/mol. The van der Waals surface area contributed by atoms with E-state index in [1.807, 2.05) is 25.3 Å². The van der Waals surface area contributed by atoms with E-state index in [0.29, 0.717) is 23.9 Å². The lowest BCUT2D eigenvalue weighted by Gasteiger charge is -2.09. The van der Waals surface area contributed by atoms with Gasteiger partial charge in [-0.05, 0) is 54.9 Å². The monoisotopic (exact) mass is 407 g/mol. The number of aromatic nitrogens is 1. The molecule has 1 aliphatic rings. The van der Waals surface area contributed by atoms with Gasteiger partial charge in [0.15, 0.2) is 5.11 Å². The number of carbonyl (C=O) groups excluding carboxylic acids is 1. The molecule has 29 heavy (non-hydrogen) atoms. The normalized spacial score (nSPS) is 15.6. The van der Waals surface area contributed by atoms with Gasteiger partial charge in [-0.15, -0.1) is 0 Å². The van der Waals surface area contributed by atoms with Crippen molar-refractivity contribution >= 4 is 40.2 Å². The van der Waals surface area contributed by atoms with Gasteiger partial charge in [0.1, 0.15) is 11.5 Å². The van der Waals surface area contributed by atoms with Crippen molar-refractivity contribution in [1.29, 1.82) is 0 Å². The third-order valence-corrected chi connectivity index (χ3v) is 5.56. The predicted molar refractivity (Wildman–Crippen MR) is 118 cm³/mol. The maximum absolute atomic E-state index is 13.3. The van der Waals surface area contributed by atoms with Gasteiger partial charge in [0, 0.05) is 30.2 Å². The molecule has 0 saturated carbocycles. The van der Waals surface area contributed by atoms with Gasteiger partial charge in [-0.25, -0.2) is 4.39 Å². The van der Waals surface area contributed by atoms with Crippen LogP contribution in [0.4, 0.5) is 4.39 Å². The Labute approximate surface area is 174 Å². The number of hydrogen-bond acceptors (Lipinski definition) is 2. The highest BCUT2D eigenvalue weighted by Crippen LogP contribution is 2.28. The van der Waals surface area contributed by atoms with Crippen LogP contribution in [-0.4, -0.2) is 27.0 Å². The molecule has 1 aromatic heterocycles. The van der Waals surface area contributed by atoms with Crippen LogP contribution in [0.5, 0.6) is 0 Å². The zero-order valence-corrected chi connectivity index (χ0v) is 17.2. The highest BCUT2D eigenvalue weighted by Gasteiger charge is 2.29. The molecular formula is C23H22FN3OS. The molecule has 1 saturated heterocycles. The summed E-state index contributed by atoms with van der Waals surface area (Å²) in [7, 11) is 0. The van der Waals surface area contributed by atoms with Crippen LogP contribution in [0.2, 0.25) is 0 Å². The molecule has 0 spiro atoms. The van der Waals surface area contributed by atoms with Crippen molar-refractivity contribution < 1.29 is 9.18 Å². The number of likely N-dealkylation sites (N-methyl/N-ethyl adjacent to an activating group) is 1. The third kappa shape index (κ3) is 3.56. The molecule has 2 aromatic carbocycles. The summed E-state index contributed by atoms with van der Waals surface area (Å²) in [5, 5.41) is 4.55. The fourth-order valence-electron chi connectivity index (χ4n) is 3.79.